The molecule has 1 saturated heterocycles. The average Bonchev–Trinajstić information content (AvgIpc) is 3.02. The highest BCUT2D eigenvalue weighted by molar-refractivity contribution is 5.82. The third kappa shape index (κ3) is 3.41. The first-order chi connectivity index (χ1) is 11.6. The number of amides is 1. The van der Waals surface area contributed by atoms with Crippen molar-refractivity contribution in [1.82, 2.24) is 19.7 Å². The summed E-state index contributed by atoms with van der Waals surface area (Å²) in [6, 6.07) is 4.06. The Balaban J connectivity index is 1.64. The quantitative estimate of drug-likeness (QED) is 0.842. The molecule has 7 heteroatoms. The summed E-state index contributed by atoms with van der Waals surface area (Å²) in [7, 11) is 3.39. The molecule has 1 unspecified atom stereocenters. The summed E-state index contributed by atoms with van der Waals surface area (Å²) >= 11 is 0. The molecule has 7 nitrogen and oxygen atoms in total. The van der Waals surface area contributed by atoms with Gasteiger partial charge in [-0.05, 0) is 24.6 Å². The van der Waals surface area contributed by atoms with Gasteiger partial charge in [-0.25, -0.2) is 4.98 Å². The van der Waals surface area contributed by atoms with Crippen molar-refractivity contribution in [1.29, 1.82) is 0 Å². The maximum atomic E-state index is 12.8. The first kappa shape index (κ1) is 16.4. The van der Waals surface area contributed by atoms with Crippen LogP contribution < -0.4 is 4.90 Å². The molecule has 1 aliphatic rings. The Morgan fingerprint density at radius 2 is 2.04 bits per heavy atom. The molecule has 1 fully saturated rings. The fourth-order valence-corrected chi connectivity index (χ4v) is 2.97. The predicted molar refractivity (Wildman–Crippen MR) is 90.7 cm³/mol. The molecule has 0 N–H and O–H groups in total. The number of nitrogens with zero attached hydrogens (tertiary/aromatic N) is 5. The molecule has 2 aromatic heterocycles. The maximum Gasteiger partial charge on any atom is 0.256 e. The maximum absolute atomic E-state index is 12.8. The van der Waals surface area contributed by atoms with Crippen LogP contribution in [0.15, 0.2) is 30.7 Å². The first-order valence-corrected chi connectivity index (χ1v) is 8.06. The van der Waals surface area contributed by atoms with Crippen molar-refractivity contribution in [3.05, 3.63) is 41.9 Å². The van der Waals surface area contributed by atoms with Crippen LogP contribution in [-0.4, -0.2) is 58.9 Å². The number of ether oxygens (including phenoxy) is 1. The molecule has 2 aromatic rings. The van der Waals surface area contributed by atoms with Crippen LogP contribution in [0.25, 0.3) is 0 Å². The first-order valence-electron chi connectivity index (χ1n) is 8.06. The monoisotopic (exact) mass is 329 g/mol. The van der Waals surface area contributed by atoms with Crippen LogP contribution in [0.1, 0.15) is 17.2 Å². The summed E-state index contributed by atoms with van der Waals surface area (Å²) in [5.74, 6) is 0.958. The van der Waals surface area contributed by atoms with Crippen LogP contribution in [0.2, 0.25) is 0 Å². The zero-order valence-electron chi connectivity index (χ0n) is 14.3. The smallest absolute Gasteiger partial charge is 0.256 e. The Morgan fingerprint density at radius 3 is 2.62 bits per heavy atom. The van der Waals surface area contributed by atoms with E-state index >= 15 is 0 Å². The number of rotatable bonds is 4. The third-order valence-electron chi connectivity index (χ3n) is 4.30. The number of methoxy groups -OCH3 is 1. The standard InChI is InChI=1S/C17H23N5O2/c1-13-4-5-18-15(10-13)21-6-8-22(9-7-21)17(23)16(24-3)14-11-19-20(2)12-14/h4-5,10-12,16H,6-9H2,1-3H3. The Bertz CT molecular complexity index is 707. The van der Waals surface area contributed by atoms with Gasteiger partial charge in [0.2, 0.25) is 0 Å². The van der Waals surface area contributed by atoms with Gasteiger partial charge < -0.3 is 14.5 Å². The number of piperazine rings is 1. The summed E-state index contributed by atoms with van der Waals surface area (Å²) in [5, 5.41) is 4.12. The number of anilines is 1. The predicted octanol–water partition coefficient (Wildman–Crippen LogP) is 1.16. The van der Waals surface area contributed by atoms with Gasteiger partial charge in [0.1, 0.15) is 5.82 Å². The minimum absolute atomic E-state index is 0.0117. The lowest BCUT2D eigenvalue weighted by Crippen LogP contribution is -2.50. The molecule has 1 amide bonds. The number of aromatic nitrogens is 3. The van der Waals surface area contributed by atoms with Crippen LogP contribution in [0, 0.1) is 6.92 Å². The van der Waals surface area contributed by atoms with E-state index in [-0.39, 0.29) is 5.91 Å². The Morgan fingerprint density at radius 1 is 1.29 bits per heavy atom. The molecule has 128 valence electrons. The van der Waals surface area contributed by atoms with Crippen molar-refractivity contribution >= 4 is 11.7 Å². The van der Waals surface area contributed by atoms with Crippen molar-refractivity contribution in [2.45, 2.75) is 13.0 Å². The van der Waals surface area contributed by atoms with Crippen molar-refractivity contribution in [3.8, 4) is 0 Å². The van der Waals surface area contributed by atoms with Gasteiger partial charge in [-0.15, -0.1) is 0 Å². The summed E-state index contributed by atoms with van der Waals surface area (Å²) in [6.45, 7) is 4.92. The second-order valence-corrected chi connectivity index (χ2v) is 6.07. The molecule has 0 aliphatic carbocycles. The van der Waals surface area contributed by atoms with Gasteiger partial charge in [-0.1, -0.05) is 0 Å². The van der Waals surface area contributed by atoms with Gasteiger partial charge in [0.15, 0.2) is 6.10 Å². The van der Waals surface area contributed by atoms with Crippen LogP contribution in [0.3, 0.4) is 0 Å². The largest absolute Gasteiger partial charge is 0.367 e. The van der Waals surface area contributed by atoms with Crippen molar-refractivity contribution in [3.63, 3.8) is 0 Å². The molecule has 3 heterocycles. The fraction of sp³-hybridized carbons (Fsp3) is 0.471. The normalized spacial score (nSPS) is 16.3. The van der Waals surface area contributed by atoms with E-state index in [1.807, 2.05) is 30.4 Å². The number of aryl methyl sites for hydroxylation is 2. The Hall–Kier alpha value is -2.41. The van der Waals surface area contributed by atoms with Crippen molar-refractivity contribution < 1.29 is 9.53 Å². The van der Waals surface area contributed by atoms with Gasteiger partial charge in [0, 0.05) is 58.3 Å². The summed E-state index contributed by atoms with van der Waals surface area (Å²) in [4.78, 5) is 21.3. The SMILES string of the molecule is COC(C(=O)N1CCN(c2cc(C)ccn2)CC1)c1cnn(C)c1. The van der Waals surface area contributed by atoms with Crippen LogP contribution >= 0.6 is 0 Å². The number of carbonyl (C=O) groups excluding carboxylic acids is 1. The van der Waals surface area contributed by atoms with E-state index in [0.717, 1.165) is 24.5 Å². The van der Waals surface area contributed by atoms with Gasteiger partial charge >= 0.3 is 0 Å². The summed E-state index contributed by atoms with van der Waals surface area (Å²) < 4.78 is 7.10. The zero-order valence-corrected chi connectivity index (χ0v) is 14.3. The minimum Gasteiger partial charge on any atom is -0.367 e. The molecule has 1 aliphatic heterocycles. The number of hydrogen-bond donors (Lipinski definition) is 0. The van der Waals surface area contributed by atoms with Crippen molar-refractivity contribution in [2.75, 3.05) is 38.2 Å². The summed E-state index contributed by atoms with van der Waals surface area (Å²) in [6.07, 6.45) is 4.73. The zero-order chi connectivity index (χ0) is 17.1. The highest BCUT2D eigenvalue weighted by Crippen LogP contribution is 2.21. The molecular weight excluding hydrogens is 306 g/mol. The molecule has 24 heavy (non-hydrogen) atoms. The highest BCUT2D eigenvalue weighted by Gasteiger charge is 2.29. The second kappa shape index (κ2) is 7.00. The molecule has 0 bridgehead atoms. The molecular formula is C17H23N5O2. The van der Waals surface area contributed by atoms with E-state index in [0.29, 0.717) is 13.1 Å². The molecule has 0 spiro atoms. The topological polar surface area (TPSA) is 63.5 Å². The molecule has 3 rings (SSSR count). The van der Waals surface area contributed by atoms with Gasteiger partial charge in [-0.2, -0.15) is 5.10 Å². The lowest BCUT2D eigenvalue weighted by molar-refractivity contribution is -0.142. The number of carbonyl (C=O) groups is 1. The number of hydrogen-bond acceptors (Lipinski definition) is 5. The van der Waals surface area contributed by atoms with E-state index in [1.54, 1.807) is 18.0 Å². The van der Waals surface area contributed by atoms with Gasteiger partial charge in [0.25, 0.3) is 5.91 Å². The van der Waals surface area contributed by atoms with E-state index in [4.69, 9.17) is 4.74 Å². The second-order valence-electron chi connectivity index (χ2n) is 6.07. The fourth-order valence-electron chi connectivity index (χ4n) is 2.97. The van der Waals surface area contributed by atoms with E-state index in [2.05, 4.69) is 28.0 Å². The third-order valence-corrected chi connectivity index (χ3v) is 4.30. The van der Waals surface area contributed by atoms with Crippen LogP contribution in [0.4, 0.5) is 5.82 Å². The van der Waals surface area contributed by atoms with E-state index in [1.165, 1.54) is 5.56 Å². The molecule has 0 radical (unpaired) electrons. The number of pyridine rings is 1. The molecule has 1 atom stereocenters. The van der Waals surface area contributed by atoms with Crippen molar-refractivity contribution in [2.24, 2.45) is 7.05 Å². The van der Waals surface area contributed by atoms with Gasteiger partial charge in [0.05, 0.1) is 6.20 Å². The minimum atomic E-state index is -0.595. The average molecular weight is 329 g/mol. The lowest BCUT2D eigenvalue weighted by Gasteiger charge is -2.36. The lowest BCUT2D eigenvalue weighted by atomic mass is 10.1. The Kier molecular flexibility index (Phi) is 4.80. The van der Waals surface area contributed by atoms with E-state index < -0.39 is 6.10 Å². The van der Waals surface area contributed by atoms with Crippen LogP contribution in [0.5, 0.6) is 0 Å². The molecule has 0 aromatic carbocycles. The van der Waals surface area contributed by atoms with E-state index in [9.17, 15) is 4.79 Å². The Labute approximate surface area is 141 Å². The van der Waals surface area contributed by atoms with Crippen LogP contribution in [-0.2, 0) is 16.6 Å². The highest BCUT2D eigenvalue weighted by atomic mass is 16.5. The molecule has 0 saturated carbocycles. The summed E-state index contributed by atoms with van der Waals surface area (Å²) in [5.41, 5.74) is 1.97. The van der Waals surface area contributed by atoms with Gasteiger partial charge in [-0.3, -0.25) is 9.48 Å².